The van der Waals surface area contributed by atoms with Gasteiger partial charge in [-0.1, -0.05) is 68.1 Å². The summed E-state index contributed by atoms with van der Waals surface area (Å²) in [7, 11) is 0. The molecule has 0 heterocycles. The van der Waals surface area contributed by atoms with Crippen molar-refractivity contribution in [3.05, 3.63) is 63.6 Å². The Kier molecular flexibility index (Phi) is 9.04. The summed E-state index contributed by atoms with van der Waals surface area (Å²) in [4.78, 5) is 27.7. The Morgan fingerprint density at radius 1 is 1.03 bits per heavy atom. The molecule has 0 radical (unpaired) electrons. The summed E-state index contributed by atoms with van der Waals surface area (Å²) in [5, 5.41) is 3.94. The Labute approximate surface area is 206 Å². The highest BCUT2D eigenvalue weighted by Crippen LogP contribution is 2.24. The summed E-state index contributed by atoms with van der Waals surface area (Å²) in [6, 6.07) is 12.5. The van der Waals surface area contributed by atoms with E-state index in [1.54, 1.807) is 19.1 Å². The van der Waals surface area contributed by atoms with E-state index < -0.39 is 6.04 Å². The first-order chi connectivity index (χ1) is 15.7. The topological polar surface area (TPSA) is 58.6 Å². The van der Waals surface area contributed by atoms with Crippen LogP contribution in [0.1, 0.15) is 63.5 Å². The molecule has 1 aliphatic carbocycles. The van der Waals surface area contributed by atoms with Crippen molar-refractivity contribution in [2.45, 2.75) is 71.0 Å². The monoisotopic (exact) mass is 490 g/mol. The second-order valence-electron chi connectivity index (χ2n) is 8.95. The molecule has 1 unspecified atom stereocenters. The second-order valence-corrected chi connectivity index (χ2v) is 9.76. The Balaban J connectivity index is 1.71. The van der Waals surface area contributed by atoms with Crippen LogP contribution >= 0.6 is 23.2 Å². The Morgan fingerprint density at radius 3 is 2.30 bits per heavy atom. The normalized spacial score (nSPS) is 14.8. The molecule has 1 atom stereocenters. The van der Waals surface area contributed by atoms with Crippen LogP contribution < -0.4 is 10.1 Å². The van der Waals surface area contributed by atoms with Crippen molar-refractivity contribution in [3.63, 3.8) is 0 Å². The number of halogens is 2. The van der Waals surface area contributed by atoms with E-state index in [1.165, 1.54) is 10.5 Å². The number of amides is 2. The smallest absolute Gasteiger partial charge is 0.261 e. The van der Waals surface area contributed by atoms with E-state index in [-0.39, 0.29) is 31.0 Å². The molecule has 0 aromatic heterocycles. The number of benzene rings is 2. The summed E-state index contributed by atoms with van der Waals surface area (Å²) in [6.07, 6.45) is 4.20. The fourth-order valence-electron chi connectivity index (χ4n) is 3.99. The maximum Gasteiger partial charge on any atom is 0.261 e. The number of ether oxygens (including phenoxy) is 1. The predicted octanol–water partition coefficient (Wildman–Crippen LogP) is 5.97. The lowest BCUT2D eigenvalue weighted by atomic mass is 10.0. The van der Waals surface area contributed by atoms with Crippen LogP contribution in [0.15, 0.2) is 42.5 Å². The van der Waals surface area contributed by atoms with Crippen molar-refractivity contribution >= 4 is 35.0 Å². The zero-order chi connectivity index (χ0) is 24.0. The predicted molar refractivity (Wildman–Crippen MR) is 133 cm³/mol. The third-order valence-corrected chi connectivity index (χ3v) is 6.85. The van der Waals surface area contributed by atoms with Gasteiger partial charge in [0, 0.05) is 12.6 Å². The zero-order valence-electron chi connectivity index (χ0n) is 19.4. The molecule has 5 nitrogen and oxygen atoms in total. The first kappa shape index (κ1) is 25.4. The molecule has 178 valence electrons. The lowest BCUT2D eigenvalue weighted by Gasteiger charge is -2.29. The van der Waals surface area contributed by atoms with Crippen molar-refractivity contribution in [1.82, 2.24) is 10.2 Å². The quantitative estimate of drug-likeness (QED) is 0.470. The molecular formula is C26H32Cl2N2O3. The molecule has 0 bridgehead atoms. The van der Waals surface area contributed by atoms with E-state index in [0.29, 0.717) is 21.7 Å². The van der Waals surface area contributed by atoms with Crippen LogP contribution in [0.3, 0.4) is 0 Å². The van der Waals surface area contributed by atoms with Crippen LogP contribution in [-0.4, -0.2) is 35.4 Å². The van der Waals surface area contributed by atoms with E-state index in [2.05, 4.69) is 19.2 Å². The van der Waals surface area contributed by atoms with Crippen LogP contribution in [-0.2, 0) is 16.1 Å². The van der Waals surface area contributed by atoms with Crippen molar-refractivity contribution in [3.8, 4) is 5.75 Å². The number of hydrogen-bond donors (Lipinski definition) is 1. The fraction of sp³-hybridized carbons (Fsp3) is 0.462. The average molecular weight is 491 g/mol. The van der Waals surface area contributed by atoms with Crippen molar-refractivity contribution in [2.75, 3.05) is 6.61 Å². The van der Waals surface area contributed by atoms with E-state index in [4.69, 9.17) is 27.9 Å². The van der Waals surface area contributed by atoms with Gasteiger partial charge >= 0.3 is 0 Å². The summed E-state index contributed by atoms with van der Waals surface area (Å²) in [5.74, 6) is 0.603. The van der Waals surface area contributed by atoms with Crippen LogP contribution in [0, 0.1) is 0 Å². The largest absolute Gasteiger partial charge is 0.484 e. The SMILES string of the molecule is CC(C)c1ccc(OCC(=O)N(Cc2ccc(Cl)c(Cl)c2)C(C)C(=O)NC2CCCC2)cc1. The molecule has 2 amide bonds. The van der Waals surface area contributed by atoms with Gasteiger partial charge in [0.25, 0.3) is 5.91 Å². The molecule has 3 rings (SSSR count). The van der Waals surface area contributed by atoms with Crippen LogP contribution in [0.4, 0.5) is 0 Å². The molecule has 0 saturated heterocycles. The Bertz CT molecular complexity index is 957. The van der Waals surface area contributed by atoms with Gasteiger partial charge in [0.15, 0.2) is 6.61 Å². The van der Waals surface area contributed by atoms with Gasteiger partial charge < -0.3 is 15.0 Å². The number of rotatable bonds is 9. The fourth-order valence-corrected chi connectivity index (χ4v) is 4.31. The molecule has 0 spiro atoms. The molecule has 2 aromatic rings. The van der Waals surface area contributed by atoms with Gasteiger partial charge in [-0.05, 0) is 61.1 Å². The third kappa shape index (κ3) is 7.12. The first-order valence-corrected chi connectivity index (χ1v) is 12.3. The van der Waals surface area contributed by atoms with Gasteiger partial charge in [-0.25, -0.2) is 0 Å². The zero-order valence-corrected chi connectivity index (χ0v) is 21.0. The van der Waals surface area contributed by atoms with E-state index in [1.807, 2.05) is 30.3 Å². The van der Waals surface area contributed by atoms with Gasteiger partial charge in [-0.15, -0.1) is 0 Å². The number of hydrogen-bond acceptors (Lipinski definition) is 3. The van der Waals surface area contributed by atoms with Crippen molar-refractivity contribution < 1.29 is 14.3 Å². The highest BCUT2D eigenvalue weighted by atomic mass is 35.5. The summed E-state index contributed by atoms with van der Waals surface area (Å²) >= 11 is 12.2. The maximum atomic E-state index is 13.2. The highest BCUT2D eigenvalue weighted by molar-refractivity contribution is 6.42. The summed E-state index contributed by atoms with van der Waals surface area (Å²) in [5.41, 5.74) is 1.99. The maximum absolute atomic E-state index is 13.2. The van der Waals surface area contributed by atoms with Crippen molar-refractivity contribution in [1.29, 1.82) is 0 Å². The third-order valence-electron chi connectivity index (χ3n) is 6.11. The summed E-state index contributed by atoms with van der Waals surface area (Å²) < 4.78 is 5.76. The number of nitrogens with one attached hydrogen (secondary N) is 1. The molecule has 7 heteroatoms. The second kappa shape index (κ2) is 11.8. The van der Waals surface area contributed by atoms with Crippen molar-refractivity contribution in [2.24, 2.45) is 0 Å². The lowest BCUT2D eigenvalue weighted by Crippen LogP contribution is -2.50. The van der Waals surface area contributed by atoms with Crippen LogP contribution in [0.25, 0.3) is 0 Å². The van der Waals surface area contributed by atoms with Gasteiger partial charge in [0.1, 0.15) is 11.8 Å². The molecular weight excluding hydrogens is 459 g/mol. The molecule has 33 heavy (non-hydrogen) atoms. The van der Waals surface area contributed by atoms with E-state index >= 15 is 0 Å². The molecule has 1 N–H and O–H groups in total. The van der Waals surface area contributed by atoms with E-state index in [0.717, 1.165) is 31.2 Å². The first-order valence-electron chi connectivity index (χ1n) is 11.5. The van der Waals surface area contributed by atoms with Gasteiger partial charge in [-0.2, -0.15) is 0 Å². The molecule has 1 saturated carbocycles. The minimum absolute atomic E-state index is 0.156. The highest BCUT2D eigenvalue weighted by Gasteiger charge is 2.29. The number of nitrogens with zero attached hydrogens (tertiary/aromatic N) is 1. The van der Waals surface area contributed by atoms with Crippen LogP contribution in [0.2, 0.25) is 10.0 Å². The molecule has 2 aromatic carbocycles. The molecule has 1 aliphatic rings. The standard InChI is InChI=1S/C26H32Cl2N2O3/c1-17(2)20-9-11-22(12-10-20)33-16-25(31)30(15-19-8-13-23(27)24(28)14-19)18(3)26(32)29-21-6-4-5-7-21/h8-14,17-18,21H,4-7,15-16H2,1-3H3,(H,29,32). The summed E-state index contributed by atoms with van der Waals surface area (Å²) in [6.45, 7) is 6.06. The molecule has 1 fully saturated rings. The number of carbonyl (C=O) groups is 2. The number of carbonyl (C=O) groups excluding carboxylic acids is 2. The van der Waals surface area contributed by atoms with E-state index in [9.17, 15) is 9.59 Å². The molecule has 0 aliphatic heterocycles. The van der Waals surface area contributed by atoms with Crippen LogP contribution in [0.5, 0.6) is 5.75 Å². The average Bonchev–Trinajstić information content (AvgIpc) is 3.31. The Hall–Kier alpha value is -2.24. The van der Waals surface area contributed by atoms with Gasteiger partial charge in [0.2, 0.25) is 5.91 Å². The van der Waals surface area contributed by atoms with Gasteiger partial charge in [-0.3, -0.25) is 9.59 Å². The van der Waals surface area contributed by atoms with Gasteiger partial charge in [0.05, 0.1) is 10.0 Å². The lowest BCUT2D eigenvalue weighted by molar-refractivity contribution is -0.142. The minimum Gasteiger partial charge on any atom is -0.484 e. The Morgan fingerprint density at radius 2 is 1.70 bits per heavy atom. The minimum atomic E-state index is -0.653.